The number of pyridine rings is 1. The van der Waals surface area contributed by atoms with Gasteiger partial charge in [0.05, 0.1) is 0 Å². The fraction of sp³-hybridized carbons (Fsp3) is 0.625. The fourth-order valence-electron chi connectivity index (χ4n) is 7.17. The third kappa shape index (κ3) is 2.38. The highest BCUT2D eigenvalue weighted by Crippen LogP contribution is 2.64. The van der Waals surface area contributed by atoms with Crippen molar-refractivity contribution in [3.8, 4) is 0 Å². The second-order valence-electron chi connectivity index (χ2n) is 9.41. The summed E-state index contributed by atoms with van der Waals surface area (Å²) in [5.74, 6) is 2.68. The van der Waals surface area contributed by atoms with E-state index in [1.54, 1.807) is 0 Å². The first kappa shape index (κ1) is 15.9. The third-order valence-electron chi connectivity index (χ3n) is 8.37. The summed E-state index contributed by atoms with van der Waals surface area (Å²) in [4.78, 5) is 4.37. The summed E-state index contributed by atoms with van der Waals surface area (Å²) in [7, 11) is 0. The Balaban J connectivity index is 1.47. The molecule has 132 valence electrons. The molecule has 0 aromatic carbocycles. The molecule has 0 amide bonds. The van der Waals surface area contributed by atoms with Crippen molar-refractivity contribution in [2.45, 2.75) is 64.7 Å². The highest BCUT2D eigenvalue weighted by Gasteiger charge is 2.55. The van der Waals surface area contributed by atoms with E-state index in [9.17, 15) is 0 Å². The van der Waals surface area contributed by atoms with Gasteiger partial charge in [0.2, 0.25) is 0 Å². The van der Waals surface area contributed by atoms with E-state index in [1.807, 2.05) is 11.8 Å². The van der Waals surface area contributed by atoms with Crippen LogP contribution in [0.1, 0.15) is 63.9 Å². The zero-order valence-corrected chi connectivity index (χ0v) is 15.6. The first-order chi connectivity index (χ1) is 12.2. The molecule has 1 aromatic rings. The largest absolute Gasteiger partial charge is 0.264 e. The van der Waals surface area contributed by atoms with Gasteiger partial charge in [-0.2, -0.15) is 0 Å². The number of rotatable bonds is 2. The summed E-state index contributed by atoms with van der Waals surface area (Å²) < 4.78 is 0. The topological polar surface area (TPSA) is 12.9 Å². The van der Waals surface area contributed by atoms with Crippen LogP contribution >= 0.6 is 0 Å². The molecule has 1 heteroatoms. The number of aromatic nitrogens is 1. The Morgan fingerprint density at radius 2 is 2.12 bits per heavy atom. The first-order valence-electron chi connectivity index (χ1n) is 10.5. The van der Waals surface area contributed by atoms with Crippen LogP contribution in [0.4, 0.5) is 0 Å². The lowest BCUT2D eigenvalue weighted by Crippen LogP contribution is -2.49. The number of hydrogen-bond acceptors (Lipinski definition) is 1. The summed E-state index contributed by atoms with van der Waals surface area (Å²) in [6.07, 6.45) is 24.1. The Hall–Kier alpha value is -1.37. The number of allylic oxidation sites excluding steroid dienone is 4. The molecule has 25 heavy (non-hydrogen) atoms. The summed E-state index contributed by atoms with van der Waals surface area (Å²) in [5.41, 5.74) is 4.17. The molecule has 4 aliphatic rings. The fourth-order valence-corrected chi connectivity index (χ4v) is 7.17. The first-order valence-corrected chi connectivity index (χ1v) is 10.5. The molecule has 5 rings (SSSR count). The van der Waals surface area contributed by atoms with Gasteiger partial charge in [0.15, 0.2) is 0 Å². The predicted molar refractivity (Wildman–Crippen MR) is 103 cm³/mol. The van der Waals surface area contributed by atoms with Crippen LogP contribution in [0.3, 0.4) is 0 Å². The van der Waals surface area contributed by atoms with Crippen molar-refractivity contribution in [1.82, 2.24) is 4.98 Å². The molecule has 0 unspecified atom stereocenters. The number of nitrogens with zero attached hydrogens (tertiary/aromatic N) is 1. The Labute approximate surface area is 152 Å². The molecule has 4 aliphatic carbocycles. The third-order valence-corrected chi connectivity index (χ3v) is 8.37. The van der Waals surface area contributed by atoms with Gasteiger partial charge in [0.1, 0.15) is 0 Å². The summed E-state index contributed by atoms with van der Waals surface area (Å²) in [5, 5.41) is 0. The Morgan fingerprint density at radius 3 is 3.00 bits per heavy atom. The lowest BCUT2D eigenvalue weighted by atomic mass is 9.47. The zero-order valence-electron chi connectivity index (χ0n) is 15.6. The molecule has 1 aromatic heterocycles. The highest BCUT2D eigenvalue weighted by atomic mass is 14.6. The summed E-state index contributed by atoms with van der Waals surface area (Å²) in [6.45, 7) is 2.62. The van der Waals surface area contributed by atoms with E-state index in [4.69, 9.17) is 0 Å². The van der Waals surface area contributed by atoms with E-state index in [-0.39, 0.29) is 0 Å². The van der Waals surface area contributed by atoms with Crippen molar-refractivity contribution in [1.29, 1.82) is 0 Å². The van der Waals surface area contributed by atoms with Crippen LogP contribution < -0.4 is 0 Å². The maximum absolute atomic E-state index is 4.37. The van der Waals surface area contributed by atoms with E-state index in [1.165, 1.54) is 63.4 Å². The number of hydrogen-bond donors (Lipinski definition) is 0. The van der Waals surface area contributed by atoms with E-state index in [0.29, 0.717) is 10.8 Å². The lowest BCUT2D eigenvalue weighted by Gasteiger charge is -2.57. The van der Waals surface area contributed by atoms with Gasteiger partial charge in [-0.3, -0.25) is 4.98 Å². The molecular formula is C24H31N. The van der Waals surface area contributed by atoms with Crippen LogP contribution in [0, 0.1) is 28.6 Å². The van der Waals surface area contributed by atoms with Crippen molar-refractivity contribution >= 4 is 0 Å². The maximum atomic E-state index is 4.37. The van der Waals surface area contributed by atoms with E-state index < -0.39 is 0 Å². The molecule has 1 nitrogen and oxygen atoms in total. The average molecular weight is 334 g/mol. The smallest absolute Gasteiger partial charge is 0.0300 e. The van der Waals surface area contributed by atoms with Gasteiger partial charge in [0.25, 0.3) is 0 Å². The Bertz CT molecular complexity index is 702. The predicted octanol–water partition coefficient (Wildman–Crippen LogP) is 6.12. The van der Waals surface area contributed by atoms with Crippen LogP contribution in [0.5, 0.6) is 0 Å². The van der Waals surface area contributed by atoms with Gasteiger partial charge in [-0.25, -0.2) is 0 Å². The SMILES string of the molecule is C[C@]12CCCCC1=CC[C@H]1[C@@H]3CC=C[C@@]3(Cc3cccnc3)CC[C@@H]12. The standard InChI is InChI=1S/C24H31N/c1-23-12-3-2-7-19(23)9-10-20-21(23)11-14-24(13-4-8-22(20)24)16-18-6-5-15-25-17-18/h4-6,9,13,15,17,20-22H,2-3,7-8,10-12,14,16H2,1H3/t20-,21+,22+,23+,24+/m1/s1. The van der Waals surface area contributed by atoms with Gasteiger partial charge in [-0.1, -0.05) is 43.2 Å². The highest BCUT2D eigenvalue weighted by molar-refractivity contribution is 5.28. The Morgan fingerprint density at radius 1 is 1.16 bits per heavy atom. The molecule has 0 N–H and O–H groups in total. The van der Waals surface area contributed by atoms with Crippen molar-refractivity contribution in [2.24, 2.45) is 28.6 Å². The van der Waals surface area contributed by atoms with Crippen LogP contribution in [-0.2, 0) is 6.42 Å². The number of fused-ring (bicyclic) bond motifs is 5. The van der Waals surface area contributed by atoms with Crippen LogP contribution in [0.25, 0.3) is 0 Å². The summed E-state index contributed by atoms with van der Waals surface area (Å²) in [6, 6.07) is 4.38. The zero-order chi connectivity index (χ0) is 16.9. The van der Waals surface area contributed by atoms with Gasteiger partial charge in [-0.15, -0.1) is 0 Å². The van der Waals surface area contributed by atoms with Crippen LogP contribution in [0.15, 0.2) is 48.3 Å². The molecule has 1 heterocycles. The van der Waals surface area contributed by atoms with Crippen molar-refractivity contribution in [3.05, 3.63) is 53.9 Å². The molecule has 2 saturated carbocycles. The van der Waals surface area contributed by atoms with E-state index in [0.717, 1.165) is 17.8 Å². The van der Waals surface area contributed by atoms with Gasteiger partial charge < -0.3 is 0 Å². The lowest BCUT2D eigenvalue weighted by molar-refractivity contribution is -0.0200. The van der Waals surface area contributed by atoms with Crippen molar-refractivity contribution < 1.29 is 0 Å². The quantitative estimate of drug-likeness (QED) is 0.594. The van der Waals surface area contributed by atoms with Crippen molar-refractivity contribution in [2.75, 3.05) is 0 Å². The molecule has 0 spiro atoms. The minimum atomic E-state index is 0.403. The second kappa shape index (κ2) is 5.83. The van der Waals surface area contributed by atoms with E-state index >= 15 is 0 Å². The summed E-state index contributed by atoms with van der Waals surface area (Å²) >= 11 is 0. The molecule has 0 bridgehead atoms. The van der Waals surface area contributed by atoms with Crippen molar-refractivity contribution in [3.63, 3.8) is 0 Å². The average Bonchev–Trinajstić information content (AvgIpc) is 3.06. The molecule has 2 fully saturated rings. The maximum Gasteiger partial charge on any atom is 0.0300 e. The molecule has 0 saturated heterocycles. The normalized spacial score (nSPS) is 42.3. The minimum absolute atomic E-state index is 0.403. The molecule has 0 aliphatic heterocycles. The van der Waals surface area contributed by atoms with Gasteiger partial charge in [0, 0.05) is 12.4 Å². The minimum Gasteiger partial charge on any atom is -0.264 e. The molecular weight excluding hydrogens is 302 g/mol. The van der Waals surface area contributed by atoms with Gasteiger partial charge in [-0.05, 0) is 91.6 Å². The molecule has 0 radical (unpaired) electrons. The van der Waals surface area contributed by atoms with Gasteiger partial charge >= 0.3 is 0 Å². The Kier molecular flexibility index (Phi) is 3.69. The second-order valence-corrected chi connectivity index (χ2v) is 9.41. The van der Waals surface area contributed by atoms with Crippen LogP contribution in [-0.4, -0.2) is 4.98 Å². The monoisotopic (exact) mass is 333 g/mol. The molecule has 5 atom stereocenters. The van der Waals surface area contributed by atoms with E-state index in [2.05, 4.69) is 48.5 Å². The van der Waals surface area contributed by atoms with Crippen LogP contribution in [0.2, 0.25) is 0 Å².